The number of hydrogen-bond donors (Lipinski definition) is 2. The zero-order valence-electron chi connectivity index (χ0n) is 11.6. The molecule has 0 radical (unpaired) electrons. The number of nitrogen functional groups attached to an aromatic ring is 1. The largest absolute Gasteiger partial charge is 0.393 e. The molecule has 0 aliphatic carbocycles. The quantitative estimate of drug-likeness (QED) is 0.428. The van der Waals surface area contributed by atoms with Crippen LogP contribution in [-0.2, 0) is 0 Å². The number of para-hydroxylation sites is 1. The van der Waals surface area contributed by atoms with Crippen molar-refractivity contribution < 1.29 is 4.92 Å². The van der Waals surface area contributed by atoms with Crippen molar-refractivity contribution in [3.05, 3.63) is 28.3 Å². The highest BCUT2D eigenvalue weighted by atomic mass is 16.6. The van der Waals surface area contributed by atoms with Crippen LogP contribution in [0.2, 0.25) is 0 Å². The van der Waals surface area contributed by atoms with Gasteiger partial charge in [-0.3, -0.25) is 10.1 Å². The lowest BCUT2D eigenvalue weighted by atomic mass is 10.2. The molecule has 6 nitrogen and oxygen atoms in total. The molecule has 1 aromatic rings. The number of nitro benzene ring substituents is 1. The average Bonchev–Trinajstić information content (AvgIpc) is 2.37. The minimum Gasteiger partial charge on any atom is -0.393 e. The van der Waals surface area contributed by atoms with Crippen LogP contribution < -0.4 is 11.1 Å². The summed E-state index contributed by atoms with van der Waals surface area (Å²) in [4.78, 5) is 12.8. The van der Waals surface area contributed by atoms with Gasteiger partial charge < -0.3 is 16.0 Å². The number of hydrogen-bond acceptors (Lipinski definition) is 5. The van der Waals surface area contributed by atoms with E-state index in [1.807, 2.05) is 0 Å². The van der Waals surface area contributed by atoms with E-state index in [1.165, 1.54) is 0 Å². The molecule has 1 aromatic carbocycles. The van der Waals surface area contributed by atoms with Gasteiger partial charge in [-0.1, -0.05) is 19.9 Å². The van der Waals surface area contributed by atoms with E-state index in [1.54, 1.807) is 18.2 Å². The van der Waals surface area contributed by atoms with Gasteiger partial charge in [-0.05, 0) is 31.6 Å². The molecule has 0 saturated carbocycles. The van der Waals surface area contributed by atoms with E-state index >= 15 is 0 Å². The Kier molecular flexibility index (Phi) is 6.08. The molecule has 0 saturated heterocycles. The maximum atomic E-state index is 11.0. The van der Waals surface area contributed by atoms with E-state index in [-0.39, 0.29) is 11.4 Å². The summed E-state index contributed by atoms with van der Waals surface area (Å²) in [6, 6.07) is 4.94. The van der Waals surface area contributed by atoms with Crippen LogP contribution in [0.4, 0.5) is 17.1 Å². The Bertz CT molecular complexity index is 423. The fraction of sp³-hybridized carbons (Fsp3) is 0.538. The SMILES string of the molecule is CCCN(CC)CCNc1cccc(N)c1[N+](=O)[O-]. The zero-order valence-corrected chi connectivity index (χ0v) is 11.6. The van der Waals surface area contributed by atoms with Gasteiger partial charge in [-0.15, -0.1) is 0 Å². The molecule has 0 atom stereocenters. The number of anilines is 2. The molecule has 0 heterocycles. The van der Waals surface area contributed by atoms with Crippen molar-refractivity contribution in [2.24, 2.45) is 0 Å². The zero-order chi connectivity index (χ0) is 14.3. The van der Waals surface area contributed by atoms with Crippen molar-refractivity contribution >= 4 is 17.1 Å². The van der Waals surface area contributed by atoms with Crippen LogP contribution in [0.1, 0.15) is 20.3 Å². The highest BCUT2D eigenvalue weighted by molar-refractivity contribution is 5.74. The lowest BCUT2D eigenvalue weighted by Gasteiger charge is -2.19. The number of nitrogens with two attached hydrogens (primary N) is 1. The van der Waals surface area contributed by atoms with Gasteiger partial charge in [0.2, 0.25) is 0 Å². The van der Waals surface area contributed by atoms with Crippen LogP contribution in [0, 0.1) is 10.1 Å². The summed E-state index contributed by atoms with van der Waals surface area (Å²) in [5, 5.41) is 14.1. The van der Waals surface area contributed by atoms with Gasteiger partial charge in [-0.2, -0.15) is 0 Å². The molecule has 0 aliphatic rings. The van der Waals surface area contributed by atoms with E-state index in [4.69, 9.17) is 5.73 Å². The van der Waals surface area contributed by atoms with Crippen molar-refractivity contribution in [1.29, 1.82) is 0 Å². The highest BCUT2D eigenvalue weighted by Crippen LogP contribution is 2.30. The molecule has 0 aromatic heterocycles. The summed E-state index contributed by atoms with van der Waals surface area (Å²) in [5.41, 5.74) is 6.27. The van der Waals surface area contributed by atoms with Crippen molar-refractivity contribution in [2.75, 3.05) is 37.2 Å². The minimum absolute atomic E-state index is 0.0407. The maximum Gasteiger partial charge on any atom is 0.314 e. The first-order valence-electron chi connectivity index (χ1n) is 6.59. The van der Waals surface area contributed by atoms with Gasteiger partial charge in [0.1, 0.15) is 11.4 Å². The predicted molar refractivity (Wildman–Crippen MR) is 78.4 cm³/mol. The topological polar surface area (TPSA) is 84.4 Å². The summed E-state index contributed by atoms with van der Waals surface area (Å²) < 4.78 is 0. The van der Waals surface area contributed by atoms with Crippen molar-refractivity contribution in [3.8, 4) is 0 Å². The van der Waals surface area contributed by atoms with Gasteiger partial charge >= 0.3 is 5.69 Å². The first kappa shape index (κ1) is 15.2. The fourth-order valence-corrected chi connectivity index (χ4v) is 2.00. The van der Waals surface area contributed by atoms with Gasteiger partial charge in [0, 0.05) is 13.1 Å². The number of likely N-dealkylation sites (N-methyl/N-ethyl adjacent to an activating group) is 1. The molecule has 0 spiro atoms. The molecule has 0 bridgehead atoms. The van der Waals surface area contributed by atoms with E-state index in [2.05, 4.69) is 24.1 Å². The van der Waals surface area contributed by atoms with E-state index in [0.717, 1.165) is 26.1 Å². The number of rotatable bonds is 8. The van der Waals surface area contributed by atoms with Crippen LogP contribution in [0.5, 0.6) is 0 Å². The first-order chi connectivity index (χ1) is 9.10. The third-order valence-electron chi connectivity index (χ3n) is 2.98. The Balaban J connectivity index is 2.63. The Labute approximate surface area is 113 Å². The molecule has 19 heavy (non-hydrogen) atoms. The third-order valence-corrected chi connectivity index (χ3v) is 2.98. The van der Waals surface area contributed by atoms with Gasteiger partial charge in [0.25, 0.3) is 0 Å². The second-order valence-corrected chi connectivity index (χ2v) is 4.36. The average molecular weight is 266 g/mol. The van der Waals surface area contributed by atoms with E-state index in [9.17, 15) is 10.1 Å². The lowest BCUT2D eigenvalue weighted by molar-refractivity contribution is -0.383. The number of nitrogens with one attached hydrogen (secondary N) is 1. The standard InChI is InChI=1S/C13H22N4O2/c1-3-9-16(4-2)10-8-15-12-7-5-6-11(14)13(12)17(18)19/h5-7,15H,3-4,8-10,14H2,1-2H3. The van der Waals surface area contributed by atoms with Gasteiger partial charge in [-0.25, -0.2) is 0 Å². The van der Waals surface area contributed by atoms with Crippen molar-refractivity contribution in [2.45, 2.75) is 20.3 Å². The number of nitrogens with zero attached hydrogens (tertiary/aromatic N) is 2. The van der Waals surface area contributed by atoms with Gasteiger partial charge in [0.15, 0.2) is 0 Å². The fourth-order valence-electron chi connectivity index (χ4n) is 2.00. The molecule has 0 aliphatic heterocycles. The Morgan fingerprint density at radius 2 is 2.11 bits per heavy atom. The molecule has 106 valence electrons. The van der Waals surface area contributed by atoms with Crippen LogP contribution in [0.25, 0.3) is 0 Å². The summed E-state index contributed by atoms with van der Waals surface area (Å²) in [5.74, 6) is 0. The van der Waals surface area contributed by atoms with E-state index in [0.29, 0.717) is 12.2 Å². The third kappa shape index (κ3) is 4.40. The smallest absolute Gasteiger partial charge is 0.314 e. The molecule has 0 unspecified atom stereocenters. The second kappa shape index (κ2) is 7.58. The van der Waals surface area contributed by atoms with Crippen LogP contribution in [0.3, 0.4) is 0 Å². The Morgan fingerprint density at radius 3 is 2.68 bits per heavy atom. The maximum absolute atomic E-state index is 11.0. The van der Waals surface area contributed by atoms with E-state index < -0.39 is 4.92 Å². The Morgan fingerprint density at radius 1 is 1.37 bits per heavy atom. The van der Waals surface area contributed by atoms with Crippen LogP contribution in [-0.4, -0.2) is 36.0 Å². The second-order valence-electron chi connectivity index (χ2n) is 4.36. The summed E-state index contributed by atoms with van der Waals surface area (Å²) in [6.07, 6.45) is 1.10. The minimum atomic E-state index is -0.443. The van der Waals surface area contributed by atoms with Gasteiger partial charge in [0.05, 0.1) is 4.92 Å². The lowest BCUT2D eigenvalue weighted by Crippen LogP contribution is -2.29. The highest BCUT2D eigenvalue weighted by Gasteiger charge is 2.17. The van der Waals surface area contributed by atoms with Crippen molar-refractivity contribution in [1.82, 2.24) is 4.90 Å². The number of nitro groups is 1. The predicted octanol–water partition coefficient (Wildman–Crippen LogP) is 2.32. The van der Waals surface area contributed by atoms with Crippen molar-refractivity contribution in [3.63, 3.8) is 0 Å². The van der Waals surface area contributed by atoms with Crippen LogP contribution >= 0.6 is 0 Å². The van der Waals surface area contributed by atoms with Crippen LogP contribution in [0.15, 0.2) is 18.2 Å². The molecule has 1 rings (SSSR count). The first-order valence-corrected chi connectivity index (χ1v) is 6.59. The molecule has 3 N–H and O–H groups in total. The summed E-state index contributed by atoms with van der Waals surface area (Å²) >= 11 is 0. The Hall–Kier alpha value is -1.82. The normalized spacial score (nSPS) is 10.7. The molecular weight excluding hydrogens is 244 g/mol. The summed E-state index contributed by atoms with van der Waals surface area (Å²) in [6.45, 7) is 7.79. The number of benzene rings is 1. The molecular formula is C13H22N4O2. The molecule has 0 fully saturated rings. The monoisotopic (exact) mass is 266 g/mol. The summed E-state index contributed by atoms with van der Waals surface area (Å²) in [7, 11) is 0. The molecule has 6 heteroatoms. The molecule has 0 amide bonds.